The van der Waals surface area contributed by atoms with E-state index in [1.165, 1.54) is 19.2 Å². The lowest BCUT2D eigenvalue weighted by Gasteiger charge is -2.04. The van der Waals surface area contributed by atoms with Crippen molar-refractivity contribution in [3.05, 3.63) is 29.8 Å². The minimum absolute atomic E-state index is 0.0483. The van der Waals surface area contributed by atoms with Crippen molar-refractivity contribution in [1.29, 1.82) is 0 Å². The molecule has 5 nitrogen and oxygen atoms in total. The maximum Gasteiger partial charge on any atom is 0.305 e. The molecule has 5 heteroatoms. The van der Waals surface area contributed by atoms with Gasteiger partial charge in [-0.15, -0.1) is 0 Å². The molecule has 0 saturated carbocycles. The van der Waals surface area contributed by atoms with Gasteiger partial charge in [0.25, 0.3) is 5.91 Å². The van der Waals surface area contributed by atoms with Crippen molar-refractivity contribution in [1.82, 2.24) is 5.32 Å². The molecule has 0 aliphatic carbocycles. The Morgan fingerprint density at radius 2 is 2.18 bits per heavy atom. The number of amides is 1. The zero-order valence-corrected chi connectivity index (χ0v) is 9.60. The van der Waals surface area contributed by atoms with Crippen LogP contribution in [0.25, 0.3) is 0 Å². The van der Waals surface area contributed by atoms with Crippen molar-refractivity contribution in [2.75, 3.05) is 13.7 Å². The third kappa shape index (κ3) is 4.55. The van der Waals surface area contributed by atoms with E-state index >= 15 is 0 Å². The van der Waals surface area contributed by atoms with Gasteiger partial charge in [-0.1, -0.05) is 6.07 Å². The van der Waals surface area contributed by atoms with Gasteiger partial charge >= 0.3 is 5.97 Å². The maximum atomic E-state index is 11.6. The molecule has 1 aromatic rings. The van der Waals surface area contributed by atoms with Gasteiger partial charge in [-0.05, 0) is 24.6 Å². The molecule has 1 rings (SSSR count). The Morgan fingerprint density at radius 3 is 2.82 bits per heavy atom. The Labute approximate surface area is 99.4 Å². The van der Waals surface area contributed by atoms with Crippen LogP contribution in [0.4, 0.5) is 0 Å². The first-order valence-electron chi connectivity index (χ1n) is 5.27. The molecular weight excluding hydrogens is 222 g/mol. The van der Waals surface area contributed by atoms with Gasteiger partial charge in [0.05, 0.1) is 7.11 Å². The largest absolute Gasteiger partial charge is 0.508 e. The normalized spacial score (nSPS) is 9.71. The van der Waals surface area contributed by atoms with Crippen LogP contribution in [0.1, 0.15) is 23.2 Å². The molecule has 2 N–H and O–H groups in total. The Kier molecular flexibility index (Phi) is 5.00. The predicted molar refractivity (Wildman–Crippen MR) is 61.7 cm³/mol. The Bertz CT molecular complexity index is 403. The van der Waals surface area contributed by atoms with Gasteiger partial charge in [0, 0.05) is 18.5 Å². The number of aromatic hydroxyl groups is 1. The minimum atomic E-state index is -0.295. The molecule has 0 unspecified atom stereocenters. The first-order valence-corrected chi connectivity index (χ1v) is 5.27. The summed E-state index contributed by atoms with van der Waals surface area (Å²) in [7, 11) is 1.33. The highest BCUT2D eigenvalue weighted by Crippen LogP contribution is 2.10. The van der Waals surface area contributed by atoms with Crippen molar-refractivity contribution in [2.24, 2.45) is 0 Å². The molecule has 0 aliphatic heterocycles. The summed E-state index contributed by atoms with van der Waals surface area (Å²) in [6, 6.07) is 6.08. The smallest absolute Gasteiger partial charge is 0.305 e. The fourth-order valence-electron chi connectivity index (χ4n) is 1.29. The lowest BCUT2D eigenvalue weighted by atomic mass is 10.2. The molecule has 0 spiro atoms. The monoisotopic (exact) mass is 237 g/mol. The van der Waals surface area contributed by atoms with Crippen LogP contribution in [0, 0.1) is 0 Å². The van der Waals surface area contributed by atoms with Crippen LogP contribution in [0.15, 0.2) is 24.3 Å². The van der Waals surface area contributed by atoms with E-state index in [-0.39, 0.29) is 24.0 Å². The summed E-state index contributed by atoms with van der Waals surface area (Å²) in [6.45, 7) is 0.392. The van der Waals surface area contributed by atoms with E-state index in [9.17, 15) is 14.7 Å². The van der Waals surface area contributed by atoms with Crippen LogP contribution in [0.5, 0.6) is 5.75 Å². The van der Waals surface area contributed by atoms with Crippen LogP contribution in [0.2, 0.25) is 0 Å². The molecule has 0 aromatic heterocycles. The van der Waals surface area contributed by atoms with E-state index in [4.69, 9.17) is 0 Å². The zero-order valence-electron chi connectivity index (χ0n) is 9.60. The van der Waals surface area contributed by atoms with E-state index in [1.807, 2.05) is 0 Å². The molecule has 0 saturated heterocycles. The lowest BCUT2D eigenvalue weighted by molar-refractivity contribution is -0.140. The summed E-state index contributed by atoms with van der Waals surface area (Å²) >= 11 is 0. The first-order chi connectivity index (χ1) is 8.13. The molecule has 0 atom stereocenters. The van der Waals surface area contributed by atoms with Gasteiger partial charge in [0.1, 0.15) is 5.75 Å². The third-order valence-electron chi connectivity index (χ3n) is 2.18. The first kappa shape index (κ1) is 13.0. The Balaban J connectivity index is 2.33. The maximum absolute atomic E-state index is 11.6. The van der Waals surface area contributed by atoms with Crippen LogP contribution in [-0.4, -0.2) is 30.6 Å². The number of phenols is 1. The van der Waals surface area contributed by atoms with Gasteiger partial charge in [0.2, 0.25) is 0 Å². The Hall–Kier alpha value is -2.04. The summed E-state index contributed by atoms with van der Waals surface area (Å²) in [4.78, 5) is 22.4. The number of phenolic OH excluding ortho intramolecular Hbond substituents is 1. The fourth-order valence-corrected chi connectivity index (χ4v) is 1.29. The van der Waals surface area contributed by atoms with E-state index in [1.54, 1.807) is 12.1 Å². The number of rotatable bonds is 5. The van der Waals surface area contributed by atoms with Gasteiger partial charge in [0.15, 0.2) is 0 Å². The van der Waals surface area contributed by atoms with E-state index < -0.39 is 0 Å². The van der Waals surface area contributed by atoms with Gasteiger partial charge < -0.3 is 15.2 Å². The number of methoxy groups -OCH3 is 1. The molecule has 0 bridgehead atoms. The molecule has 92 valence electrons. The third-order valence-corrected chi connectivity index (χ3v) is 2.18. The van der Waals surface area contributed by atoms with Gasteiger partial charge in [-0.25, -0.2) is 0 Å². The number of nitrogens with one attached hydrogen (secondary N) is 1. The second-order valence-electron chi connectivity index (χ2n) is 3.49. The van der Waals surface area contributed by atoms with E-state index in [0.717, 1.165) is 0 Å². The topological polar surface area (TPSA) is 75.6 Å². The predicted octanol–water partition coefficient (Wildman–Crippen LogP) is 1.08. The highest BCUT2D eigenvalue weighted by Gasteiger charge is 2.06. The molecule has 0 heterocycles. The molecule has 0 aliphatic rings. The van der Waals surface area contributed by atoms with Gasteiger partial charge in [-0.3, -0.25) is 9.59 Å². The second-order valence-corrected chi connectivity index (χ2v) is 3.49. The number of hydrogen-bond donors (Lipinski definition) is 2. The van der Waals surface area contributed by atoms with Crippen LogP contribution < -0.4 is 5.32 Å². The minimum Gasteiger partial charge on any atom is -0.508 e. The summed E-state index contributed by atoms with van der Waals surface area (Å²) in [5, 5.41) is 11.8. The number of ether oxygens (including phenoxy) is 1. The van der Waals surface area contributed by atoms with Crippen LogP contribution in [0.3, 0.4) is 0 Å². The zero-order chi connectivity index (χ0) is 12.7. The molecule has 17 heavy (non-hydrogen) atoms. The molecule has 1 amide bonds. The summed E-state index contributed by atoms with van der Waals surface area (Å²) < 4.78 is 4.47. The van der Waals surface area contributed by atoms with E-state index in [0.29, 0.717) is 18.5 Å². The quantitative estimate of drug-likeness (QED) is 0.593. The lowest BCUT2D eigenvalue weighted by Crippen LogP contribution is -2.24. The Morgan fingerprint density at radius 1 is 1.41 bits per heavy atom. The SMILES string of the molecule is COC(=O)CCCNC(=O)c1cccc(O)c1. The number of carbonyl (C=O) groups excluding carboxylic acids is 2. The van der Waals surface area contributed by atoms with Crippen molar-refractivity contribution in [3.63, 3.8) is 0 Å². The average Bonchev–Trinajstić information content (AvgIpc) is 2.34. The number of benzene rings is 1. The summed E-state index contributed by atoms with van der Waals surface area (Å²) in [5.41, 5.74) is 0.392. The van der Waals surface area contributed by atoms with Crippen LogP contribution in [-0.2, 0) is 9.53 Å². The average molecular weight is 237 g/mol. The summed E-state index contributed by atoms with van der Waals surface area (Å²) in [5.74, 6) is -0.519. The number of esters is 1. The standard InChI is InChI=1S/C12H15NO4/c1-17-11(15)6-3-7-13-12(16)9-4-2-5-10(14)8-9/h2,4-5,8,14H,3,6-7H2,1H3,(H,13,16). The molecule has 1 aromatic carbocycles. The number of hydrogen-bond acceptors (Lipinski definition) is 4. The van der Waals surface area contributed by atoms with Crippen molar-refractivity contribution in [3.8, 4) is 5.75 Å². The summed E-state index contributed by atoms with van der Waals surface area (Å²) in [6.07, 6.45) is 0.800. The van der Waals surface area contributed by atoms with Crippen molar-refractivity contribution >= 4 is 11.9 Å². The van der Waals surface area contributed by atoms with E-state index in [2.05, 4.69) is 10.1 Å². The molecule has 0 radical (unpaired) electrons. The number of carbonyl (C=O) groups is 2. The van der Waals surface area contributed by atoms with Crippen molar-refractivity contribution in [2.45, 2.75) is 12.8 Å². The van der Waals surface area contributed by atoms with Crippen LogP contribution >= 0.6 is 0 Å². The molecular formula is C12H15NO4. The fraction of sp³-hybridized carbons (Fsp3) is 0.333. The second kappa shape index (κ2) is 6.52. The highest BCUT2D eigenvalue weighted by molar-refractivity contribution is 5.94. The highest BCUT2D eigenvalue weighted by atomic mass is 16.5. The molecule has 0 fully saturated rings. The van der Waals surface area contributed by atoms with Crippen molar-refractivity contribution < 1.29 is 19.4 Å². The van der Waals surface area contributed by atoms with Gasteiger partial charge in [-0.2, -0.15) is 0 Å².